The van der Waals surface area contributed by atoms with E-state index in [0.717, 1.165) is 5.56 Å². The van der Waals surface area contributed by atoms with Crippen molar-refractivity contribution in [2.75, 3.05) is 6.54 Å². The van der Waals surface area contributed by atoms with Crippen LogP contribution in [-0.4, -0.2) is 12.6 Å². The molecule has 4 nitrogen and oxygen atoms in total. The van der Waals surface area contributed by atoms with Crippen LogP contribution < -0.4 is 10.8 Å². The molecule has 5 heteroatoms. The second kappa shape index (κ2) is 6.07. The molecule has 0 fully saturated rings. The Labute approximate surface area is 93.8 Å². The number of hydrogen-bond donors (Lipinski definition) is 2. The van der Waals surface area contributed by atoms with E-state index >= 15 is 0 Å². The third-order valence-corrected chi connectivity index (χ3v) is 2.02. The standard InChI is InChI=1S/C11H15FN2O2/c1-3-13-11(15)16-14-8(2)9-4-6-10(12)7-5-9/h4-8,14H,3H2,1-2H3,(H,13,15). The highest BCUT2D eigenvalue weighted by Gasteiger charge is 2.07. The molecule has 1 aromatic carbocycles. The SMILES string of the molecule is CCNC(=O)ONC(C)c1ccc(F)cc1. The molecule has 0 saturated carbocycles. The van der Waals surface area contributed by atoms with Gasteiger partial charge in [0.15, 0.2) is 0 Å². The lowest BCUT2D eigenvalue weighted by Gasteiger charge is -2.13. The number of amides is 1. The van der Waals surface area contributed by atoms with Crippen molar-refractivity contribution >= 4 is 6.09 Å². The maximum absolute atomic E-state index is 12.6. The van der Waals surface area contributed by atoms with Crippen LogP contribution in [0, 0.1) is 5.82 Å². The second-order valence-corrected chi connectivity index (χ2v) is 3.31. The third-order valence-electron chi connectivity index (χ3n) is 2.02. The zero-order chi connectivity index (χ0) is 12.0. The van der Waals surface area contributed by atoms with E-state index in [1.165, 1.54) is 12.1 Å². The lowest BCUT2D eigenvalue weighted by atomic mass is 10.1. The van der Waals surface area contributed by atoms with Gasteiger partial charge in [0.2, 0.25) is 0 Å². The number of hydroxylamine groups is 1. The number of carbonyl (C=O) groups is 1. The van der Waals surface area contributed by atoms with Crippen molar-refractivity contribution in [3.63, 3.8) is 0 Å². The molecule has 0 aliphatic rings. The predicted octanol–water partition coefficient (Wildman–Crippen LogP) is 2.14. The summed E-state index contributed by atoms with van der Waals surface area (Å²) in [7, 11) is 0. The van der Waals surface area contributed by atoms with E-state index in [4.69, 9.17) is 4.84 Å². The molecule has 0 aliphatic heterocycles. The first-order valence-electron chi connectivity index (χ1n) is 5.09. The molecule has 0 spiro atoms. The number of nitrogens with one attached hydrogen (secondary N) is 2. The van der Waals surface area contributed by atoms with Crippen LogP contribution in [0.1, 0.15) is 25.5 Å². The normalized spacial score (nSPS) is 11.9. The van der Waals surface area contributed by atoms with Gasteiger partial charge in [0.1, 0.15) is 5.82 Å². The van der Waals surface area contributed by atoms with Gasteiger partial charge in [0, 0.05) is 6.54 Å². The minimum Gasteiger partial charge on any atom is -0.353 e. The van der Waals surface area contributed by atoms with Gasteiger partial charge < -0.3 is 10.2 Å². The predicted molar refractivity (Wildman–Crippen MR) is 58.1 cm³/mol. The molecule has 0 saturated heterocycles. The minimum absolute atomic E-state index is 0.191. The van der Waals surface area contributed by atoms with Crippen molar-refractivity contribution in [1.29, 1.82) is 0 Å². The monoisotopic (exact) mass is 226 g/mol. The minimum atomic E-state index is -0.531. The number of hydrogen-bond acceptors (Lipinski definition) is 3. The summed E-state index contributed by atoms with van der Waals surface area (Å²) >= 11 is 0. The van der Waals surface area contributed by atoms with E-state index in [9.17, 15) is 9.18 Å². The van der Waals surface area contributed by atoms with Crippen molar-refractivity contribution in [2.45, 2.75) is 19.9 Å². The Balaban J connectivity index is 2.43. The van der Waals surface area contributed by atoms with E-state index < -0.39 is 6.09 Å². The topological polar surface area (TPSA) is 50.4 Å². The lowest BCUT2D eigenvalue weighted by Crippen LogP contribution is -2.31. The third kappa shape index (κ3) is 3.86. The molecular weight excluding hydrogens is 211 g/mol. The zero-order valence-electron chi connectivity index (χ0n) is 9.29. The van der Waals surface area contributed by atoms with Gasteiger partial charge in [-0.3, -0.25) is 0 Å². The Hall–Kier alpha value is -1.62. The lowest BCUT2D eigenvalue weighted by molar-refractivity contribution is 0.0723. The summed E-state index contributed by atoms with van der Waals surface area (Å²) in [4.78, 5) is 15.7. The van der Waals surface area contributed by atoms with Crippen LogP contribution in [0.4, 0.5) is 9.18 Å². The summed E-state index contributed by atoms with van der Waals surface area (Å²) in [6, 6.07) is 5.80. The first-order chi connectivity index (χ1) is 7.63. The van der Waals surface area contributed by atoms with Gasteiger partial charge in [-0.05, 0) is 31.5 Å². The molecule has 88 valence electrons. The molecule has 16 heavy (non-hydrogen) atoms. The van der Waals surface area contributed by atoms with Gasteiger partial charge in [0.05, 0.1) is 6.04 Å². The van der Waals surface area contributed by atoms with E-state index in [1.807, 2.05) is 6.92 Å². The van der Waals surface area contributed by atoms with Crippen LogP contribution in [0.25, 0.3) is 0 Å². The van der Waals surface area contributed by atoms with Gasteiger partial charge in [-0.2, -0.15) is 0 Å². The second-order valence-electron chi connectivity index (χ2n) is 3.31. The fourth-order valence-electron chi connectivity index (χ4n) is 1.14. The Morgan fingerprint density at radius 2 is 2.06 bits per heavy atom. The molecule has 0 radical (unpaired) electrons. The van der Waals surface area contributed by atoms with Crippen LogP contribution in [0.2, 0.25) is 0 Å². The maximum Gasteiger partial charge on any atom is 0.426 e. The molecular formula is C11H15FN2O2. The highest BCUT2D eigenvalue weighted by molar-refractivity contribution is 5.66. The van der Waals surface area contributed by atoms with Crippen molar-refractivity contribution in [1.82, 2.24) is 10.8 Å². The van der Waals surface area contributed by atoms with Gasteiger partial charge in [-0.1, -0.05) is 12.1 Å². The highest BCUT2D eigenvalue weighted by atomic mass is 19.1. The Morgan fingerprint density at radius 1 is 1.44 bits per heavy atom. The average molecular weight is 226 g/mol. The first kappa shape index (κ1) is 12.4. The summed E-state index contributed by atoms with van der Waals surface area (Å²) in [5, 5.41) is 2.48. The summed E-state index contributed by atoms with van der Waals surface area (Å²) in [6.07, 6.45) is -0.531. The summed E-state index contributed by atoms with van der Waals surface area (Å²) in [6.45, 7) is 4.11. The largest absolute Gasteiger partial charge is 0.426 e. The van der Waals surface area contributed by atoms with Crippen LogP contribution in [-0.2, 0) is 4.84 Å². The number of carbonyl (C=O) groups excluding carboxylic acids is 1. The average Bonchev–Trinajstić information content (AvgIpc) is 2.27. The van der Waals surface area contributed by atoms with Crippen LogP contribution in [0.5, 0.6) is 0 Å². The van der Waals surface area contributed by atoms with Crippen LogP contribution in [0.3, 0.4) is 0 Å². The molecule has 0 bridgehead atoms. The Bertz CT molecular complexity index is 340. The van der Waals surface area contributed by atoms with Crippen molar-refractivity contribution in [3.8, 4) is 0 Å². The number of rotatable bonds is 4. The molecule has 0 heterocycles. The van der Waals surface area contributed by atoms with Gasteiger partial charge in [-0.25, -0.2) is 9.18 Å². The summed E-state index contributed by atoms with van der Waals surface area (Å²) in [5.74, 6) is -0.291. The fraction of sp³-hybridized carbons (Fsp3) is 0.364. The quantitative estimate of drug-likeness (QED) is 0.773. The molecule has 0 aliphatic carbocycles. The Morgan fingerprint density at radius 3 is 2.62 bits per heavy atom. The first-order valence-corrected chi connectivity index (χ1v) is 5.09. The van der Waals surface area contributed by atoms with Crippen molar-refractivity contribution < 1.29 is 14.0 Å². The molecule has 1 atom stereocenters. The molecule has 1 unspecified atom stereocenters. The van der Waals surface area contributed by atoms with Crippen molar-refractivity contribution in [3.05, 3.63) is 35.6 Å². The van der Waals surface area contributed by atoms with Gasteiger partial charge in [0.25, 0.3) is 0 Å². The van der Waals surface area contributed by atoms with E-state index in [-0.39, 0.29) is 11.9 Å². The molecule has 1 rings (SSSR count). The number of halogens is 1. The van der Waals surface area contributed by atoms with Crippen LogP contribution >= 0.6 is 0 Å². The number of benzene rings is 1. The summed E-state index contributed by atoms with van der Waals surface area (Å²) in [5.41, 5.74) is 3.41. The van der Waals surface area contributed by atoms with Gasteiger partial charge in [-0.15, -0.1) is 5.48 Å². The molecule has 2 N–H and O–H groups in total. The van der Waals surface area contributed by atoms with Crippen LogP contribution in [0.15, 0.2) is 24.3 Å². The van der Waals surface area contributed by atoms with E-state index in [2.05, 4.69) is 10.8 Å². The molecule has 1 amide bonds. The molecule has 1 aromatic rings. The maximum atomic E-state index is 12.6. The fourth-order valence-corrected chi connectivity index (χ4v) is 1.14. The Kier molecular flexibility index (Phi) is 4.72. The highest BCUT2D eigenvalue weighted by Crippen LogP contribution is 2.12. The molecule has 0 aromatic heterocycles. The summed E-state index contributed by atoms with van der Waals surface area (Å²) < 4.78 is 12.6. The van der Waals surface area contributed by atoms with E-state index in [1.54, 1.807) is 19.1 Å². The smallest absolute Gasteiger partial charge is 0.353 e. The van der Waals surface area contributed by atoms with E-state index in [0.29, 0.717) is 6.54 Å². The van der Waals surface area contributed by atoms with Gasteiger partial charge >= 0.3 is 6.09 Å². The zero-order valence-corrected chi connectivity index (χ0v) is 9.29. The van der Waals surface area contributed by atoms with Crippen molar-refractivity contribution in [2.24, 2.45) is 0 Å².